The molecule has 7 heteroatoms. The second-order valence-electron chi connectivity index (χ2n) is 6.28. The van der Waals surface area contributed by atoms with Crippen LogP contribution < -0.4 is 11.1 Å². The molecule has 0 radical (unpaired) electrons. The van der Waals surface area contributed by atoms with Gasteiger partial charge in [0.2, 0.25) is 5.95 Å². The second-order valence-corrected chi connectivity index (χ2v) is 6.28. The molecule has 1 aromatic rings. The molecule has 7 nitrogen and oxygen atoms in total. The molecule has 22 heavy (non-hydrogen) atoms. The van der Waals surface area contributed by atoms with E-state index in [0.29, 0.717) is 24.2 Å². The third-order valence-corrected chi connectivity index (χ3v) is 4.80. The lowest BCUT2D eigenvalue weighted by molar-refractivity contribution is -0.136. The van der Waals surface area contributed by atoms with E-state index in [1.54, 1.807) is 0 Å². The number of aliphatic carboxylic acids is 1. The van der Waals surface area contributed by atoms with Gasteiger partial charge in [0.15, 0.2) is 0 Å². The molecule has 3 aliphatic rings. The first-order valence-electron chi connectivity index (χ1n) is 7.86. The molecule has 4 heterocycles. The summed E-state index contributed by atoms with van der Waals surface area (Å²) in [5, 5.41) is 12.4. The van der Waals surface area contributed by atoms with Gasteiger partial charge in [-0.05, 0) is 45.2 Å². The van der Waals surface area contributed by atoms with E-state index in [4.69, 9.17) is 10.8 Å². The van der Waals surface area contributed by atoms with Crippen molar-refractivity contribution in [2.24, 2.45) is 5.92 Å². The first-order chi connectivity index (χ1) is 10.5. The summed E-state index contributed by atoms with van der Waals surface area (Å²) >= 11 is 0. The lowest BCUT2D eigenvalue weighted by Gasteiger charge is -2.45. The molecule has 4 N–H and O–H groups in total. The summed E-state index contributed by atoms with van der Waals surface area (Å²) in [4.78, 5) is 21.8. The van der Waals surface area contributed by atoms with Crippen LogP contribution in [0.25, 0.3) is 0 Å². The number of piperidine rings is 3. The molecule has 1 unspecified atom stereocenters. The predicted molar refractivity (Wildman–Crippen MR) is 83.7 cm³/mol. The van der Waals surface area contributed by atoms with E-state index in [9.17, 15) is 4.79 Å². The number of rotatable bonds is 5. The number of nitrogens with zero attached hydrogens (tertiary/aromatic N) is 3. The minimum Gasteiger partial charge on any atom is -0.481 e. The third-order valence-electron chi connectivity index (χ3n) is 4.80. The quantitative estimate of drug-likeness (QED) is 0.742. The van der Waals surface area contributed by atoms with Crippen molar-refractivity contribution in [2.75, 3.05) is 30.7 Å². The molecule has 0 saturated carbocycles. The largest absolute Gasteiger partial charge is 0.481 e. The van der Waals surface area contributed by atoms with Gasteiger partial charge in [0.1, 0.15) is 5.82 Å². The highest BCUT2D eigenvalue weighted by Crippen LogP contribution is 2.30. The van der Waals surface area contributed by atoms with Gasteiger partial charge in [-0.15, -0.1) is 0 Å². The fourth-order valence-electron chi connectivity index (χ4n) is 3.57. The number of carboxylic acid groups (broad SMARTS) is 1. The van der Waals surface area contributed by atoms with Crippen LogP contribution in [-0.4, -0.2) is 51.6 Å². The molecular weight excluding hydrogens is 282 g/mol. The highest BCUT2D eigenvalue weighted by atomic mass is 16.4. The number of nitrogen functional groups attached to an aromatic ring is 1. The number of anilines is 2. The van der Waals surface area contributed by atoms with Gasteiger partial charge in [0.05, 0.1) is 0 Å². The van der Waals surface area contributed by atoms with E-state index in [2.05, 4.69) is 20.2 Å². The van der Waals surface area contributed by atoms with Crippen LogP contribution in [0.3, 0.4) is 0 Å². The fourth-order valence-corrected chi connectivity index (χ4v) is 3.57. The zero-order chi connectivity index (χ0) is 15.7. The number of carboxylic acids is 1. The zero-order valence-corrected chi connectivity index (χ0v) is 12.9. The van der Waals surface area contributed by atoms with E-state index >= 15 is 0 Å². The Morgan fingerprint density at radius 2 is 2.14 bits per heavy atom. The van der Waals surface area contributed by atoms with Crippen molar-refractivity contribution in [1.29, 1.82) is 0 Å². The number of aryl methyl sites for hydroxylation is 1. The number of nitrogens with one attached hydrogen (secondary N) is 1. The molecule has 2 bridgehead atoms. The molecule has 1 atom stereocenters. The molecule has 0 aliphatic carbocycles. The van der Waals surface area contributed by atoms with Crippen molar-refractivity contribution in [3.05, 3.63) is 11.3 Å². The molecule has 4 rings (SSSR count). The van der Waals surface area contributed by atoms with Gasteiger partial charge >= 0.3 is 5.97 Å². The monoisotopic (exact) mass is 305 g/mol. The average Bonchev–Trinajstić information content (AvgIpc) is 2.47. The van der Waals surface area contributed by atoms with E-state index in [0.717, 1.165) is 17.8 Å². The van der Waals surface area contributed by atoms with E-state index < -0.39 is 5.97 Å². The topological polar surface area (TPSA) is 104 Å². The Morgan fingerprint density at radius 3 is 2.73 bits per heavy atom. The van der Waals surface area contributed by atoms with Gasteiger partial charge in [-0.3, -0.25) is 4.79 Å². The van der Waals surface area contributed by atoms with Crippen molar-refractivity contribution >= 4 is 17.7 Å². The number of hydrogen-bond acceptors (Lipinski definition) is 6. The summed E-state index contributed by atoms with van der Waals surface area (Å²) in [6, 6.07) is 0.361. The van der Waals surface area contributed by atoms with Crippen LogP contribution in [0.2, 0.25) is 0 Å². The van der Waals surface area contributed by atoms with E-state index in [-0.39, 0.29) is 12.4 Å². The highest BCUT2D eigenvalue weighted by molar-refractivity contribution is 5.67. The normalized spacial score (nSPS) is 26.9. The van der Waals surface area contributed by atoms with Crippen molar-refractivity contribution in [3.8, 4) is 0 Å². The smallest absolute Gasteiger partial charge is 0.303 e. The minimum absolute atomic E-state index is 0.0724. The van der Waals surface area contributed by atoms with Crippen LogP contribution in [0.4, 0.5) is 11.8 Å². The van der Waals surface area contributed by atoms with Crippen LogP contribution in [0.15, 0.2) is 0 Å². The van der Waals surface area contributed by atoms with Crippen molar-refractivity contribution in [1.82, 2.24) is 14.9 Å². The summed E-state index contributed by atoms with van der Waals surface area (Å²) in [6.07, 6.45) is 2.91. The summed E-state index contributed by atoms with van der Waals surface area (Å²) in [5.41, 5.74) is 7.41. The number of fused-ring (bicyclic) bond motifs is 3. The van der Waals surface area contributed by atoms with Crippen molar-refractivity contribution in [2.45, 2.75) is 38.6 Å². The lowest BCUT2D eigenvalue weighted by atomic mass is 9.84. The van der Waals surface area contributed by atoms with Crippen LogP contribution in [0, 0.1) is 12.8 Å². The van der Waals surface area contributed by atoms with Crippen LogP contribution in [0.5, 0.6) is 0 Å². The first kappa shape index (κ1) is 15.0. The van der Waals surface area contributed by atoms with Crippen LogP contribution in [-0.2, 0) is 11.2 Å². The molecule has 0 aromatic carbocycles. The number of nitrogens with two attached hydrogens (primary N) is 1. The van der Waals surface area contributed by atoms with Gasteiger partial charge in [0.25, 0.3) is 0 Å². The van der Waals surface area contributed by atoms with Crippen LogP contribution >= 0.6 is 0 Å². The lowest BCUT2D eigenvalue weighted by Crippen LogP contribution is -2.53. The fraction of sp³-hybridized carbons (Fsp3) is 0.667. The Balaban J connectivity index is 1.80. The van der Waals surface area contributed by atoms with Gasteiger partial charge in [0, 0.05) is 30.3 Å². The highest BCUT2D eigenvalue weighted by Gasteiger charge is 2.34. The van der Waals surface area contributed by atoms with Crippen molar-refractivity contribution < 1.29 is 9.90 Å². The summed E-state index contributed by atoms with van der Waals surface area (Å²) in [6.45, 7) is 5.24. The molecule has 3 saturated heterocycles. The average molecular weight is 305 g/mol. The molecule has 3 fully saturated rings. The number of aromatic nitrogens is 2. The molecule has 0 spiro atoms. The summed E-state index contributed by atoms with van der Waals surface area (Å²) < 4.78 is 0. The summed E-state index contributed by atoms with van der Waals surface area (Å²) in [7, 11) is 0. The van der Waals surface area contributed by atoms with Gasteiger partial charge in [-0.2, -0.15) is 4.98 Å². The second kappa shape index (κ2) is 6.08. The standard InChI is InChI=1S/C15H23N5O2/c1-9-11(2-3-13(21)22)14(19-15(16)17-9)18-12-8-20-6-4-10(12)5-7-20/h10,12H,2-8H2,1H3,(H,21,22)(H3,16,17,18,19). The van der Waals surface area contributed by atoms with Gasteiger partial charge < -0.3 is 21.1 Å². The zero-order valence-electron chi connectivity index (χ0n) is 12.9. The Labute approximate surface area is 129 Å². The third kappa shape index (κ3) is 3.14. The van der Waals surface area contributed by atoms with Crippen molar-refractivity contribution in [3.63, 3.8) is 0 Å². The molecule has 1 aromatic heterocycles. The van der Waals surface area contributed by atoms with Gasteiger partial charge in [-0.1, -0.05) is 0 Å². The SMILES string of the molecule is Cc1nc(N)nc(NC2CN3CCC2CC3)c1CCC(=O)O. The maximum Gasteiger partial charge on any atom is 0.303 e. The predicted octanol–water partition coefficient (Wildman–Crippen LogP) is 0.891. The summed E-state index contributed by atoms with van der Waals surface area (Å²) in [5.74, 6) is 0.796. The molecule has 0 amide bonds. The number of carbonyl (C=O) groups is 1. The Hall–Kier alpha value is -1.89. The Morgan fingerprint density at radius 1 is 1.41 bits per heavy atom. The maximum absolute atomic E-state index is 10.9. The molecule has 3 aliphatic heterocycles. The number of hydrogen-bond donors (Lipinski definition) is 3. The maximum atomic E-state index is 10.9. The van der Waals surface area contributed by atoms with E-state index in [1.165, 1.54) is 25.9 Å². The minimum atomic E-state index is -0.815. The van der Waals surface area contributed by atoms with Crippen LogP contribution in [0.1, 0.15) is 30.5 Å². The molecule has 120 valence electrons. The molecular formula is C15H23N5O2. The van der Waals surface area contributed by atoms with E-state index in [1.807, 2.05) is 6.92 Å². The van der Waals surface area contributed by atoms with Gasteiger partial charge in [-0.25, -0.2) is 4.98 Å². The first-order valence-corrected chi connectivity index (χ1v) is 7.86. The Kier molecular flexibility index (Phi) is 4.15. The Bertz CT molecular complexity index is 569.